The molecular formula is C26H31F6N7O3S. The second-order valence-corrected chi connectivity index (χ2v) is 12.8. The maximum atomic E-state index is 14.9. The largest absolute Gasteiger partial charge is 0.390 e. The second kappa shape index (κ2) is 12.3. The Hall–Kier alpha value is -3.47. The number of fused-ring (bicyclic) bond motifs is 1. The number of rotatable bonds is 9. The van der Waals surface area contributed by atoms with Gasteiger partial charge in [0.05, 0.1) is 18.4 Å². The fourth-order valence-corrected chi connectivity index (χ4v) is 6.10. The molecule has 0 spiro atoms. The van der Waals surface area contributed by atoms with E-state index in [1.807, 2.05) is 19.0 Å². The van der Waals surface area contributed by atoms with Crippen molar-refractivity contribution in [2.45, 2.75) is 70.0 Å². The van der Waals surface area contributed by atoms with Crippen LogP contribution in [0.25, 0.3) is 22.4 Å². The molecule has 43 heavy (non-hydrogen) atoms. The third-order valence-electron chi connectivity index (χ3n) is 7.11. The molecule has 2 heterocycles. The number of sulfonamides is 1. The van der Waals surface area contributed by atoms with E-state index in [0.717, 1.165) is 0 Å². The molecule has 10 nitrogen and oxygen atoms in total. The molecule has 0 saturated heterocycles. The number of nitrogens with zero attached hydrogens (tertiary/aromatic N) is 5. The van der Waals surface area contributed by atoms with E-state index in [4.69, 9.17) is 0 Å². The predicted octanol–water partition coefficient (Wildman–Crippen LogP) is 4.64. The van der Waals surface area contributed by atoms with Gasteiger partial charge in [0.1, 0.15) is 23.1 Å². The number of hydrogen-bond donors (Lipinski definition) is 2. The van der Waals surface area contributed by atoms with Crippen LogP contribution in [0.4, 0.5) is 38.0 Å². The molecule has 0 radical (unpaired) electrons. The van der Waals surface area contributed by atoms with Crippen molar-refractivity contribution in [1.82, 2.24) is 24.4 Å². The van der Waals surface area contributed by atoms with Gasteiger partial charge in [-0.15, -0.1) is 0 Å². The monoisotopic (exact) mass is 635 g/mol. The molecule has 1 saturated carbocycles. The highest BCUT2D eigenvalue weighted by Gasteiger charge is 2.33. The van der Waals surface area contributed by atoms with E-state index in [1.54, 1.807) is 13.8 Å². The first kappa shape index (κ1) is 32.4. The number of nitrogens with one attached hydrogen (secondary N) is 2. The smallest absolute Gasteiger partial charge is 0.351 e. The Bertz CT molecular complexity index is 1640. The minimum absolute atomic E-state index is 0.103. The van der Waals surface area contributed by atoms with Crippen LogP contribution < -0.4 is 15.6 Å². The summed E-state index contributed by atoms with van der Waals surface area (Å²) < 4.78 is 108. The molecular weight excluding hydrogens is 604 g/mol. The molecule has 4 rings (SSSR count). The van der Waals surface area contributed by atoms with Gasteiger partial charge in [-0.05, 0) is 52.9 Å². The minimum Gasteiger partial charge on any atom is -0.351 e. The summed E-state index contributed by atoms with van der Waals surface area (Å²) in [7, 11) is -1.10. The Morgan fingerprint density at radius 3 is 2.33 bits per heavy atom. The SMILES string of the molecule is CC(C)n1c(=O)c(-c2cc(F)c(NS(=O)(=O)CCC(F)(F)F)c(F)c2)nc2cnc(N[C@H]3CC[C@H](N(C)C)[C@@H](F)C3)nc21. The van der Waals surface area contributed by atoms with Crippen molar-refractivity contribution >= 4 is 32.8 Å². The van der Waals surface area contributed by atoms with Crippen molar-refractivity contribution in [3.05, 3.63) is 40.3 Å². The third kappa shape index (κ3) is 7.55. The fraction of sp³-hybridized carbons (Fsp3) is 0.538. The van der Waals surface area contributed by atoms with Gasteiger partial charge in [-0.1, -0.05) is 0 Å². The summed E-state index contributed by atoms with van der Waals surface area (Å²) >= 11 is 0. The molecule has 0 amide bonds. The molecule has 17 heteroatoms. The molecule has 1 aliphatic rings. The number of aromatic nitrogens is 4. The number of benzene rings is 1. The van der Waals surface area contributed by atoms with Crippen LogP contribution >= 0.6 is 0 Å². The first-order valence-corrected chi connectivity index (χ1v) is 15.0. The van der Waals surface area contributed by atoms with E-state index in [9.17, 15) is 39.6 Å². The molecule has 1 aromatic carbocycles. The molecule has 1 aliphatic carbocycles. The average Bonchev–Trinajstić information content (AvgIpc) is 2.88. The molecule has 236 valence electrons. The number of halogens is 6. The lowest BCUT2D eigenvalue weighted by atomic mass is 9.89. The van der Waals surface area contributed by atoms with Crippen LogP contribution in [-0.2, 0) is 10.0 Å². The van der Waals surface area contributed by atoms with E-state index in [2.05, 4.69) is 20.3 Å². The van der Waals surface area contributed by atoms with Gasteiger partial charge >= 0.3 is 6.18 Å². The highest BCUT2D eigenvalue weighted by molar-refractivity contribution is 7.92. The summed E-state index contributed by atoms with van der Waals surface area (Å²) in [6.07, 6.45) is -4.72. The Balaban J connectivity index is 1.66. The molecule has 2 N–H and O–H groups in total. The molecule has 3 atom stereocenters. The first-order chi connectivity index (χ1) is 20.0. The Morgan fingerprint density at radius 2 is 1.77 bits per heavy atom. The predicted molar refractivity (Wildman–Crippen MR) is 149 cm³/mol. The Labute approximate surface area is 243 Å². The van der Waals surface area contributed by atoms with Crippen LogP contribution in [0, 0.1) is 11.6 Å². The maximum absolute atomic E-state index is 14.9. The molecule has 0 aliphatic heterocycles. The van der Waals surface area contributed by atoms with Gasteiger partial charge < -0.3 is 10.2 Å². The lowest BCUT2D eigenvalue weighted by molar-refractivity contribution is -0.129. The summed E-state index contributed by atoms with van der Waals surface area (Å²) in [5, 5.41) is 3.11. The van der Waals surface area contributed by atoms with Crippen molar-refractivity contribution in [2.24, 2.45) is 0 Å². The summed E-state index contributed by atoms with van der Waals surface area (Å²) in [6.45, 7) is 3.35. The number of hydrogen-bond acceptors (Lipinski definition) is 8. The van der Waals surface area contributed by atoms with Crippen molar-refractivity contribution in [1.29, 1.82) is 0 Å². The van der Waals surface area contributed by atoms with Crippen molar-refractivity contribution in [2.75, 3.05) is 29.9 Å². The standard InChI is InChI=1S/C26H31F6N7O3S/c1-13(2)39-23-19(12-33-25(36-23)34-15-5-6-20(38(3)4)16(27)11-15)35-21(24(39)40)14-9-17(28)22(18(29)10-14)37-43(41,42)8-7-26(30,31)32/h9-10,12-13,15-16,20,37H,5-8,11H2,1-4H3,(H,33,34,36)/t15-,16-,20-/m0/s1. The van der Waals surface area contributed by atoms with Gasteiger partial charge in [-0.2, -0.15) is 18.2 Å². The molecule has 2 aromatic heterocycles. The van der Waals surface area contributed by atoms with Crippen LogP contribution in [0.5, 0.6) is 0 Å². The van der Waals surface area contributed by atoms with Gasteiger partial charge in [0, 0.05) is 30.1 Å². The fourth-order valence-electron chi connectivity index (χ4n) is 5.00. The van der Waals surface area contributed by atoms with E-state index in [1.165, 1.54) is 15.5 Å². The van der Waals surface area contributed by atoms with E-state index >= 15 is 0 Å². The van der Waals surface area contributed by atoms with Crippen LogP contribution in [0.2, 0.25) is 0 Å². The van der Waals surface area contributed by atoms with Crippen molar-refractivity contribution in [3.63, 3.8) is 0 Å². The van der Waals surface area contributed by atoms with Crippen molar-refractivity contribution in [3.8, 4) is 11.3 Å². The van der Waals surface area contributed by atoms with Crippen LogP contribution in [0.1, 0.15) is 45.6 Å². The molecule has 1 fully saturated rings. The number of alkyl halides is 4. The Kier molecular flexibility index (Phi) is 9.25. The van der Waals surface area contributed by atoms with E-state index < -0.39 is 69.2 Å². The zero-order chi connectivity index (χ0) is 31.9. The first-order valence-electron chi connectivity index (χ1n) is 13.4. The van der Waals surface area contributed by atoms with Gasteiger partial charge in [0.15, 0.2) is 17.3 Å². The third-order valence-corrected chi connectivity index (χ3v) is 8.37. The summed E-state index contributed by atoms with van der Waals surface area (Å²) in [4.78, 5) is 28.2. The highest BCUT2D eigenvalue weighted by atomic mass is 32.2. The average molecular weight is 636 g/mol. The lowest BCUT2D eigenvalue weighted by Crippen LogP contribution is -2.44. The van der Waals surface area contributed by atoms with Crippen molar-refractivity contribution < 1.29 is 34.8 Å². The van der Waals surface area contributed by atoms with E-state index in [0.29, 0.717) is 25.0 Å². The van der Waals surface area contributed by atoms with Crippen LogP contribution in [-0.4, -0.2) is 77.1 Å². The van der Waals surface area contributed by atoms with Gasteiger partial charge in [0.25, 0.3) is 5.56 Å². The number of anilines is 2. The van der Waals surface area contributed by atoms with Gasteiger partial charge in [0.2, 0.25) is 16.0 Å². The summed E-state index contributed by atoms with van der Waals surface area (Å²) in [5.74, 6) is -4.22. The summed E-state index contributed by atoms with van der Waals surface area (Å²) in [5.41, 5.74) is -2.47. The summed E-state index contributed by atoms with van der Waals surface area (Å²) in [6, 6.07) is 0.367. The molecule has 3 aromatic rings. The van der Waals surface area contributed by atoms with E-state index in [-0.39, 0.29) is 41.2 Å². The molecule has 0 unspecified atom stereocenters. The highest BCUT2D eigenvalue weighted by Crippen LogP contribution is 2.29. The topological polar surface area (TPSA) is 122 Å². The second-order valence-electron chi connectivity index (χ2n) is 10.9. The zero-order valence-electron chi connectivity index (χ0n) is 23.7. The van der Waals surface area contributed by atoms with Gasteiger partial charge in [-0.3, -0.25) is 14.1 Å². The molecule has 0 bridgehead atoms. The zero-order valence-corrected chi connectivity index (χ0v) is 24.5. The van der Waals surface area contributed by atoms with Crippen LogP contribution in [0.15, 0.2) is 23.1 Å². The maximum Gasteiger partial charge on any atom is 0.390 e. The quantitative estimate of drug-likeness (QED) is 0.327. The normalized spacial score (nSPS) is 19.8. The minimum atomic E-state index is -4.79. The lowest BCUT2D eigenvalue weighted by Gasteiger charge is -2.35. The van der Waals surface area contributed by atoms with Crippen LogP contribution in [0.3, 0.4) is 0 Å². The van der Waals surface area contributed by atoms with Gasteiger partial charge in [-0.25, -0.2) is 31.6 Å². The Morgan fingerprint density at radius 1 is 1.12 bits per heavy atom.